The van der Waals surface area contributed by atoms with Gasteiger partial charge in [0.1, 0.15) is 0 Å². The van der Waals surface area contributed by atoms with Gasteiger partial charge in [0, 0.05) is 32.7 Å². The molecule has 0 bridgehead atoms. The van der Waals surface area contributed by atoms with E-state index >= 15 is 0 Å². The summed E-state index contributed by atoms with van der Waals surface area (Å²) in [4.78, 5) is 75.7. The lowest BCUT2D eigenvalue weighted by Gasteiger charge is -2.31. The summed E-state index contributed by atoms with van der Waals surface area (Å²) in [6.07, 6.45) is 61.1. The van der Waals surface area contributed by atoms with E-state index in [4.69, 9.17) is 5.73 Å². The van der Waals surface area contributed by atoms with Gasteiger partial charge in [-0.15, -0.1) is 0 Å². The van der Waals surface area contributed by atoms with Crippen molar-refractivity contribution in [2.45, 2.75) is 297 Å². The Morgan fingerprint density at radius 1 is 0.325 bits per heavy atom. The van der Waals surface area contributed by atoms with Crippen LogP contribution in [0.1, 0.15) is 297 Å². The van der Waals surface area contributed by atoms with Gasteiger partial charge in [-0.25, -0.2) is 0 Å². The lowest BCUT2D eigenvalue weighted by molar-refractivity contribution is -0.146. The Labute approximate surface area is 493 Å². The van der Waals surface area contributed by atoms with Crippen LogP contribution in [0.5, 0.6) is 0 Å². The van der Waals surface area contributed by atoms with Crippen molar-refractivity contribution in [1.82, 2.24) is 24.9 Å². The maximum absolute atomic E-state index is 14.6. The second kappa shape index (κ2) is 60.1. The first-order chi connectivity index (χ1) is 39.1. The average molecular weight is 1130 g/mol. The molecule has 0 fully saturated rings. The first kappa shape index (κ1) is 76.5. The molecule has 0 aliphatic rings. The minimum atomic E-state index is -0.579. The molecule has 0 saturated heterocycles. The lowest BCUT2D eigenvalue weighted by atomic mass is 10.1. The smallest absolute Gasteiger partial charge is 0.242 e. The van der Waals surface area contributed by atoms with E-state index in [-0.39, 0.29) is 69.5 Å². The van der Waals surface area contributed by atoms with E-state index < -0.39 is 5.91 Å². The minimum absolute atomic E-state index is 0.0186. The number of nitrogens with zero attached hydrogens (tertiary/aromatic N) is 4. The Kier molecular flexibility index (Phi) is 57.5. The van der Waals surface area contributed by atoms with Gasteiger partial charge in [0.25, 0.3) is 0 Å². The largest absolute Gasteiger partial charge is 0.395 e. The fourth-order valence-electron chi connectivity index (χ4n) is 10.2. The van der Waals surface area contributed by atoms with Crippen molar-refractivity contribution >= 4 is 29.5 Å². The van der Waals surface area contributed by atoms with Gasteiger partial charge in [-0.1, -0.05) is 250 Å². The highest BCUT2D eigenvalue weighted by atomic mass is 16.3. The molecule has 0 aromatic rings. The van der Waals surface area contributed by atoms with E-state index in [1.807, 2.05) is 0 Å². The molecule has 0 rings (SSSR count). The summed E-state index contributed by atoms with van der Waals surface area (Å²) in [6, 6.07) is 0. The quantitative estimate of drug-likeness (QED) is 0.0404. The van der Waals surface area contributed by atoms with Crippen LogP contribution in [0, 0.1) is 0 Å². The zero-order valence-corrected chi connectivity index (χ0v) is 52.8. The second-order valence-corrected chi connectivity index (χ2v) is 23.1. The predicted octanol–water partition coefficient (Wildman–Crippen LogP) is 15.5. The SMILES string of the molecule is CCCC/C=C\CC/C=C\CCCCCCCCN(CC(N)=O)C(=O)CN(CCCCCCCCCC)C(=O)CN(CCCCCCCC/C=C\CCCCCCCC)C(=O)CN(CCCCCCCCCC)C(=O)CNCCO. The summed E-state index contributed by atoms with van der Waals surface area (Å²) in [5.41, 5.74) is 5.72. The standard InChI is InChI=1S/C68H128N6O6/c1-5-9-13-17-21-25-27-29-31-33-35-37-39-43-45-49-54-71(60-64(69)76)66(78)62-73(56-51-47-42-24-20-16-12-8-4)68(80)63-74(57-52-48-44-40-38-36-34-32-30-28-26-22-18-14-10-6-2)67(79)61-72(65(77)59-70-53-58-75)55-50-46-41-23-19-15-11-7-3/h17,21,29-32,70,75H,5-16,18-20,22-28,33-63H2,1-4H3,(H2,69,76)/b21-17-,31-29-,32-30-. The van der Waals surface area contributed by atoms with E-state index in [0.29, 0.717) is 26.2 Å². The minimum Gasteiger partial charge on any atom is -0.395 e. The maximum atomic E-state index is 14.6. The molecule has 12 nitrogen and oxygen atoms in total. The molecular formula is C68H128N6O6. The highest BCUT2D eigenvalue weighted by Crippen LogP contribution is 2.16. The molecule has 80 heavy (non-hydrogen) atoms. The molecule has 466 valence electrons. The molecular weight excluding hydrogens is 997 g/mol. The van der Waals surface area contributed by atoms with E-state index in [1.165, 1.54) is 127 Å². The Morgan fingerprint density at radius 3 is 0.875 bits per heavy atom. The van der Waals surface area contributed by atoms with Crippen molar-refractivity contribution in [3.63, 3.8) is 0 Å². The molecule has 0 aromatic carbocycles. The van der Waals surface area contributed by atoms with Crippen molar-refractivity contribution in [2.24, 2.45) is 5.73 Å². The van der Waals surface area contributed by atoms with Crippen LogP contribution in [0.2, 0.25) is 0 Å². The summed E-state index contributed by atoms with van der Waals surface area (Å²) in [5, 5.41) is 12.4. The Balaban J connectivity index is 6.01. The highest BCUT2D eigenvalue weighted by Gasteiger charge is 2.27. The van der Waals surface area contributed by atoms with E-state index in [9.17, 15) is 29.1 Å². The molecule has 0 saturated carbocycles. The average Bonchev–Trinajstić information content (AvgIpc) is 3.44. The van der Waals surface area contributed by atoms with Gasteiger partial charge in [0.2, 0.25) is 29.5 Å². The first-order valence-corrected chi connectivity index (χ1v) is 33.8. The zero-order valence-electron chi connectivity index (χ0n) is 52.8. The second-order valence-electron chi connectivity index (χ2n) is 23.1. The number of primary amides is 1. The number of hydrogen-bond acceptors (Lipinski definition) is 7. The summed E-state index contributed by atoms with van der Waals surface area (Å²) in [7, 11) is 0. The fourth-order valence-corrected chi connectivity index (χ4v) is 10.2. The van der Waals surface area contributed by atoms with Gasteiger partial charge in [-0.05, 0) is 83.5 Å². The van der Waals surface area contributed by atoms with E-state index in [0.717, 1.165) is 148 Å². The summed E-state index contributed by atoms with van der Waals surface area (Å²) in [6.45, 7) is 10.0. The van der Waals surface area contributed by atoms with Crippen molar-refractivity contribution in [3.05, 3.63) is 36.5 Å². The van der Waals surface area contributed by atoms with Crippen LogP contribution < -0.4 is 11.1 Å². The molecule has 12 heteroatoms. The highest BCUT2D eigenvalue weighted by molar-refractivity contribution is 5.91. The van der Waals surface area contributed by atoms with Gasteiger partial charge >= 0.3 is 0 Å². The summed E-state index contributed by atoms with van der Waals surface area (Å²) in [5.74, 6) is -1.64. The molecule has 0 spiro atoms. The molecule has 0 aliphatic carbocycles. The molecule has 0 unspecified atom stereocenters. The topological polar surface area (TPSA) is 157 Å². The van der Waals surface area contributed by atoms with Crippen LogP contribution in [-0.2, 0) is 24.0 Å². The number of nitrogens with two attached hydrogens (primary N) is 1. The number of nitrogens with one attached hydrogen (secondary N) is 1. The summed E-state index contributed by atoms with van der Waals surface area (Å²) < 4.78 is 0. The van der Waals surface area contributed by atoms with Crippen LogP contribution in [0.3, 0.4) is 0 Å². The molecule has 0 radical (unpaired) electrons. The van der Waals surface area contributed by atoms with Crippen LogP contribution in [0.15, 0.2) is 36.5 Å². The van der Waals surface area contributed by atoms with Gasteiger partial charge in [0.15, 0.2) is 0 Å². The number of rotatable bonds is 61. The van der Waals surface area contributed by atoms with Crippen molar-refractivity contribution in [1.29, 1.82) is 0 Å². The summed E-state index contributed by atoms with van der Waals surface area (Å²) >= 11 is 0. The van der Waals surface area contributed by atoms with Crippen molar-refractivity contribution in [2.75, 3.05) is 72.1 Å². The molecule has 5 amide bonds. The predicted molar refractivity (Wildman–Crippen MR) is 339 cm³/mol. The van der Waals surface area contributed by atoms with Crippen molar-refractivity contribution in [3.8, 4) is 0 Å². The Hall–Kier alpha value is -3.51. The third-order valence-corrected chi connectivity index (χ3v) is 15.4. The number of aliphatic hydroxyl groups excluding tert-OH is 1. The lowest BCUT2D eigenvalue weighted by Crippen LogP contribution is -2.51. The van der Waals surface area contributed by atoms with Gasteiger partial charge < -0.3 is 35.8 Å². The van der Waals surface area contributed by atoms with Crippen LogP contribution in [0.4, 0.5) is 0 Å². The third-order valence-electron chi connectivity index (χ3n) is 15.4. The number of allylic oxidation sites excluding steroid dienone is 6. The number of carbonyl (C=O) groups is 5. The maximum Gasteiger partial charge on any atom is 0.242 e. The van der Waals surface area contributed by atoms with Gasteiger partial charge in [-0.2, -0.15) is 0 Å². The van der Waals surface area contributed by atoms with Gasteiger partial charge in [0.05, 0.1) is 39.3 Å². The Morgan fingerprint density at radius 2 is 0.575 bits per heavy atom. The number of aliphatic hydroxyl groups is 1. The van der Waals surface area contributed by atoms with Crippen molar-refractivity contribution < 1.29 is 29.1 Å². The van der Waals surface area contributed by atoms with E-state index in [2.05, 4.69) is 69.5 Å². The Bertz CT molecular complexity index is 1540. The fraction of sp³-hybridized carbons (Fsp3) is 0.838. The zero-order chi connectivity index (χ0) is 58.6. The molecule has 0 atom stereocenters. The van der Waals surface area contributed by atoms with Crippen LogP contribution in [0.25, 0.3) is 0 Å². The molecule has 0 heterocycles. The molecule has 0 aliphatic heterocycles. The van der Waals surface area contributed by atoms with Gasteiger partial charge in [-0.3, -0.25) is 24.0 Å². The van der Waals surface area contributed by atoms with E-state index in [1.54, 1.807) is 14.7 Å². The molecule has 0 aromatic heterocycles. The monoisotopic (exact) mass is 1120 g/mol. The first-order valence-electron chi connectivity index (χ1n) is 33.8. The van der Waals surface area contributed by atoms with Crippen LogP contribution >= 0.6 is 0 Å². The number of carbonyl (C=O) groups excluding carboxylic acids is 5. The van der Waals surface area contributed by atoms with Crippen LogP contribution in [-0.4, -0.2) is 126 Å². The molecule has 4 N–H and O–H groups in total. The number of amides is 5. The number of unbranched alkanes of at least 4 members (excludes halogenated alkanes) is 35. The number of hydrogen-bond donors (Lipinski definition) is 3. The normalized spacial score (nSPS) is 11.7. The third kappa shape index (κ3) is 50.2.